The molecule has 0 saturated heterocycles. The third-order valence-corrected chi connectivity index (χ3v) is 1.52. The monoisotopic (exact) mass is 153 g/mol. The molecule has 0 aliphatic rings. The van der Waals surface area contributed by atoms with Crippen molar-refractivity contribution in [3.63, 3.8) is 0 Å². The standard InChI is InChI=1S/C8H15N3/c1-6(2)3-7-4-8(5-9)11-10-7/h4,6H,3,5,9H2,1-2H3,(H,10,11). The Morgan fingerprint density at radius 2 is 2.36 bits per heavy atom. The number of rotatable bonds is 3. The molecule has 3 N–H and O–H groups in total. The lowest BCUT2D eigenvalue weighted by Crippen LogP contribution is -1.95. The SMILES string of the molecule is CC(C)Cc1cc(CN)[nH]n1. The van der Waals surface area contributed by atoms with Gasteiger partial charge in [-0.05, 0) is 18.4 Å². The summed E-state index contributed by atoms with van der Waals surface area (Å²) in [6, 6.07) is 2.03. The lowest BCUT2D eigenvalue weighted by molar-refractivity contribution is 0.633. The highest BCUT2D eigenvalue weighted by atomic mass is 15.1. The van der Waals surface area contributed by atoms with Gasteiger partial charge in [-0.3, -0.25) is 5.10 Å². The second kappa shape index (κ2) is 3.53. The molecule has 1 aromatic heterocycles. The first kappa shape index (κ1) is 8.27. The van der Waals surface area contributed by atoms with Gasteiger partial charge in [0.15, 0.2) is 0 Å². The van der Waals surface area contributed by atoms with Crippen molar-refractivity contribution in [2.24, 2.45) is 11.7 Å². The zero-order chi connectivity index (χ0) is 8.27. The lowest BCUT2D eigenvalue weighted by atomic mass is 10.1. The second-order valence-electron chi connectivity index (χ2n) is 3.19. The quantitative estimate of drug-likeness (QED) is 0.682. The summed E-state index contributed by atoms with van der Waals surface area (Å²) in [7, 11) is 0. The average molecular weight is 153 g/mol. The molecule has 0 atom stereocenters. The van der Waals surface area contributed by atoms with Crippen molar-refractivity contribution in [2.75, 3.05) is 0 Å². The largest absolute Gasteiger partial charge is 0.325 e. The maximum Gasteiger partial charge on any atom is 0.0628 e. The molecule has 1 rings (SSSR count). The molecular weight excluding hydrogens is 138 g/mol. The lowest BCUT2D eigenvalue weighted by Gasteiger charge is -1.97. The van der Waals surface area contributed by atoms with E-state index in [-0.39, 0.29) is 0 Å². The highest BCUT2D eigenvalue weighted by Gasteiger charge is 2.01. The first-order valence-corrected chi connectivity index (χ1v) is 3.95. The van der Waals surface area contributed by atoms with Crippen LogP contribution < -0.4 is 5.73 Å². The summed E-state index contributed by atoms with van der Waals surface area (Å²) >= 11 is 0. The van der Waals surface area contributed by atoms with Crippen molar-refractivity contribution in [1.29, 1.82) is 0 Å². The Hall–Kier alpha value is -0.830. The van der Waals surface area contributed by atoms with Gasteiger partial charge in [0.2, 0.25) is 0 Å². The van der Waals surface area contributed by atoms with Crippen LogP contribution in [0.4, 0.5) is 0 Å². The molecule has 0 spiro atoms. The zero-order valence-electron chi connectivity index (χ0n) is 7.09. The van der Waals surface area contributed by atoms with E-state index in [1.807, 2.05) is 6.07 Å². The third kappa shape index (κ3) is 2.35. The van der Waals surface area contributed by atoms with Crippen molar-refractivity contribution in [3.8, 4) is 0 Å². The van der Waals surface area contributed by atoms with Gasteiger partial charge in [-0.25, -0.2) is 0 Å². The highest BCUT2D eigenvalue weighted by Crippen LogP contribution is 2.05. The Balaban J connectivity index is 2.58. The summed E-state index contributed by atoms with van der Waals surface area (Å²) in [4.78, 5) is 0. The van der Waals surface area contributed by atoms with Crippen LogP contribution >= 0.6 is 0 Å². The first-order chi connectivity index (χ1) is 5.22. The van der Waals surface area contributed by atoms with Gasteiger partial charge in [0, 0.05) is 12.2 Å². The summed E-state index contributed by atoms with van der Waals surface area (Å²) in [6.45, 7) is 4.90. The fourth-order valence-corrected chi connectivity index (χ4v) is 1.04. The van der Waals surface area contributed by atoms with Gasteiger partial charge in [-0.1, -0.05) is 13.8 Å². The Labute approximate surface area is 67.0 Å². The first-order valence-electron chi connectivity index (χ1n) is 3.95. The van der Waals surface area contributed by atoms with Gasteiger partial charge in [0.1, 0.15) is 0 Å². The Morgan fingerprint density at radius 3 is 2.82 bits per heavy atom. The molecule has 3 nitrogen and oxygen atoms in total. The molecule has 0 radical (unpaired) electrons. The van der Waals surface area contributed by atoms with E-state index in [2.05, 4.69) is 24.0 Å². The maximum absolute atomic E-state index is 5.42. The number of nitrogens with two attached hydrogens (primary N) is 1. The minimum Gasteiger partial charge on any atom is -0.325 e. The molecule has 0 aromatic carbocycles. The van der Waals surface area contributed by atoms with E-state index in [4.69, 9.17) is 5.73 Å². The number of nitrogens with one attached hydrogen (secondary N) is 1. The van der Waals surface area contributed by atoms with Crippen molar-refractivity contribution >= 4 is 0 Å². The van der Waals surface area contributed by atoms with Gasteiger partial charge in [-0.15, -0.1) is 0 Å². The summed E-state index contributed by atoms with van der Waals surface area (Å²) in [5.41, 5.74) is 7.55. The van der Waals surface area contributed by atoms with Crippen LogP contribution in [0.25, 0.3) is 0 Å². The topological polar surface area (TPSA) is 54.7 Å². The average Bonchev–Trinajstić information content (AvgIpc) is 2.34. The number of H-pyrrole nitrogens is 1. The predicted octanol–water partition coefficient (Wildman–Crippen LogP) is 1.07. The minimum absolute atomic E-state index is 0.547. The highest BCUT2D eigenvalue weighted by molar-refractivity contribution is 5.08. The molecule has 0 aliphatic heterocycles. The van der Waals surface area contributed by atoms with Crippen molar-refractivity contribution in [1.82, 2.24) is 10.2 Å². The fraction of sp³-hybridized carbons (Fsp3) is 0.625. The molecule has 0 bridgehead atoms. The summed E-state index contributed by atoms with van der Waals surface area (Å²) in [6.07, 6.45) is 1.02. The van der Waals surface area contributed by atoms with Crippen molar-refractivity contribution in [2.45, 2.75) is 26.8 Å². The zero-order valence-corrected chi connectivity index (χ0v) is 7.09. The Bertz CT molecular complexity index is 215. The van der Waals surface area contributed by atoms with Crippen LogP contribution in [0.3, 0.4) is 0 Å². The number of aromatic amines is 1. The summed E-state index contributed by atoms with van der Waals surface area (Å²) in [5, 5.41) is 7.01. The van der Waals surface area contributed by atoms with Crippen LogP contribution in [0, 0.1) is 5.92 Å². The summed E-state index contributed by atoms with van der Waals surface area (Å²) in [5.74, 6) is 0.656. The third-order valence-electron chi connectivity index (χ3n) is 1.52. The Morgan fingerprint density at radius 1 is 1.64 bits per heavy atom. The van der Waals surface area contributed by atoms with Crippen molar-refractivity contribution < 1.29 is 0 Å². The van der Waals surface area contributed by atoms with E-state index in [0.717, 1.165) is 17.8 Å². The van der Waals surface area contributed by atoms with Crippen LogP contribution in [-0.2, 0) is 13.0 Å². The number of hydrogen-bond acceptors (Lipinski definition) is 2. The number of nitrogens with zero attached hydrogens (tertiary/aromatic N) is 1. The van der Waals surface area contributed by atoms with E-state index in [1.54, 1.807) is 0 Å². The second-order valence-corrected chi connectivity index (χ2v) is 3.19. The predicted molar refractivity (Wildman–Crippen MR) is 45.0 cm³/mol. The summed E-state index contributed by atoms with van der Waals surface area (Å²) < 4.78 is 0. The number of aromatic nitrogens is 2. The van der Waals surface area contributed by atoms with Crippen LogP contribution in [0.1, 0.15) is 25.2 Å². The normalized spacial score (nSPS) is 10.9. The molecule has 3 heteroatoms. The van der Waals surface area contributed by atoms with Gasteiger partial charge >= 0.3 is 0 Å². The van der Waals surface area contributed by atoms with Gasteiger partial charge in [0.25, 0.3) is 0 Å². The van der Waals surface area contributed by atoms with E-state index < -0.39 is 0 Å². The van der Waals surface area contributed by atoms with E-state index in [1.165, 1.54) is 0 Å². The molecule has 0 saturated carbocycles. The van der Waals surface area contributed by atoms with E-state index in [0.29, 0.717) is 12.5 Å². The smallest absolute Gasteiger partial charge is 0.0628 e. The van der Waals surface area contributed by atoms with Crippen LogP contribution in [-0.4, -0.2) is 10.2 Å². The maximum atomic E-state index is 5.42. The molecule has 62 valence electrons. The van der Waals surface area contributed by atoms with Crippen LogP contribution in [0.2, 0.25) is 0 Å². The molecule has 0 unspecified atom stereocenters. The molecule has 11 heavy (non-hydrogen) atoms. The van der Waals surface area contributed by atoms with Gasteiger partial charge in [-0.2, -0.15) is 5.10 Å². The minimum atomic E-state index is 0.547. The molecular formula is C8H15N3. The molecule has 0 fully saturated rings. The van der Waals surface area contributed by atoms with Crippen LogP contribution in [0.15, 0.2) is 6.07 Å². The molecule has 1 aromatic rings. The van der Waals surface area contributed by atoms with Gasteiger partial charge < -0.3 is 5.73 Å². The van der Waals surface area contributed by atoms with E-state index in [9.17, 15) is 0 Å². The molecule has 1 heterocycles. The number of hydrogen-bond donors (Lipinski definition) is 2. The fourth-order valence-electron chi connectivity index (χ4n) is 1.04. The van der Waals surface area contributed by atoms with Crippen molar-refractivity contribution in [3.05, 3.63) is 17.5 Å². The van der Waals surface area contributed by atoms with Gasteiger partial charge in [0.05, 0.1) is 5.69 Å². The molecule has 0 aliphatic carbocycles. The molecule has 0 amide bonds. The van der Waals surface area contributed by atoms with E-state index >= 15 is 0 Å². The van der Waals surface area contributed by atoms with Crippen LogP contribution in [0.5, 0.6) is 0 Å². The Kier molecular flexibility index (Phi) is 2.65.